The number of anilines is 1. The molecule has 6 nitrogen and oxygen atoms in total. The van der Waals surface area contributed by atoms with E-state index in [0.717, 1.165) is 11.1 Å². The number of halogens is 1. The topological polar surface area (TPSA) is 94.2 Å². The minimum Gasteiger partial charge on any atom is -0.395 e. The Morgan fingerprint density at radius 3 is 2.70 bits per heavy atom. The lowest BCUT2D eigenvalue weighted by molar-refractivity contribution is 0.300. The monoisotopic (exact) mass is 368 g/mol. The van der Waals surface area contributed by atoms with Gasteiger partial charge in [-0.15, -0.1) is 0 Å². The summed E-state index contributed by atoms with van der Waals surface area (Å²) >= 11 is 0. The van der Waals surface area contributed by atoms with E-state index in [1.54, 1.807) is 12.1 Å². The average molecular weight is 368 g/mol. The molecule has 0 aliphatic heterocycles. The summed E-state index contributed by atoms with van der Waals surface area (Å²) in [4.78, 5) is 0. The predicted octanol–water partition coefficient (Wildman–Crippen LogP) is 3.56. The lowest BCUT2D eigenvalue weighted by atomic mass is 9.95. The SMILES string of the molecule is CC(c1ccc(-c2ccccc2)c(F)c1)c1cc(NC(=N)NCCO)on1. The molecule has 27 heavy (non-hydrogen) atoms. The largest absolute Gasteiger partial charge is 0.395 e. The molecule has 0 fully saturated rings. The Labute approximate surface area is 156 Å². The van der Waals surface area contributed by atoms with E-state index in [0.29, 0.717) is 17.1 Å². The molecule has 2 aromatic carbocycles. The molecule has 0 radical (unpaired) electrons. The number of nitrogens with zero attached hydrogens (tertiary/aromatic N) is 1. The van der Waals surface area contributed by atoms with Gasteiger partial charge in [0.2, 0.25) is 5.88 Å². The van der Waals surface area contributed by atoms with Crippen LogP contribution in [0.15, 0.2) is 59.1 Å². The molecule has 0 bridgehead atoms. The maximum atomic E-state index is 14.6. The summed E-state index contributed by atoms with van der Waals surface area (Å²) < 4.78 is 19.8. The van der Waals surface area contributed by atoms with Crippen LogP contribution in [0.1, 0.15) is 24.1 Å². The van der Waals surface area contributed by atoms with E-state index in [4.69, 9.17) is 15.0 Å². The van der Waals surface area contributed by atoms with Crippen LogP contribution >= 0.6 is 0 Å². The molecule has 0 spiro atoms. The molecule has 7 heteroatoms. The van der Waals surface area contributed by atoms with E-state index in [9.17, 15) is 4.39 Å². The summed E-state index contributed by atoms with van der Waals surface area (Å²) in [6, 6.07) is 16.2. The molecule has 140 valence electrons. The Balaban J connectivity index is 1.74. The second-order valence-electron chi connectivity index (χ2n) is 6.09. The van der Waals surface area contributed by atoms with Crippen molar-refractivity contribution in [2.75, 3.05) is 18.5 Å². The number of aliphatic hydroxyl groups excluding tert-OH is 1. The fourth-order valence-corrected chi connectivity index (χ4v) is 2.72. The van der Waals surface area contributed by atoms with Gasteiger partial charge in [0.25, 0.3) is 0 Å². The lowest BCUT2D eigenvalue weighted by Crippen LogP contribution is -2.31. The van der Waals surface area contributed by atoms with Gasteiger partial charge >= 0.3 is 0 Å². The normalized spacial score (nSPS) is 11.8. The molecule has 1 heterocycles. The quantitative estimate of drug-likeness (QED) is 0.394. The van der Waals surface area contributed by atoms with Gasteiger partial charge in [-0.3, -0.25) is 10.7 Å². The van der Waals surface area contributed by atoms with Crippen LogP contribution in [0.5, 0.6) is 0 Å². The molecule has 3 rings (SSSR count). The first-order chi connectivity index (χ1) is 13.1. The van der Waals surface area contributed by atoms with E-state index >= 15 is 0 Å². The maximum absolute atomic E-state index is 14.6. The van der Waals surface area contributed by atoms with Crippen molar-refractivity contribution in [3.05, 3.63) is 71.7 Å². The summed E-state index contributed by atoms with van der Waals surface area (Å²) in [5.74, 6) is -0.170. The third kappa shape index (κ3) is 4.51. The molecule has 0 saturated heterocycles. The van der Waals surface area contributed by atoms with Crippen LogP contribution in [0.2, 0.25) is 0 Å². The molecule has 0 amide bonds. The zero-order chi connectivity index (χ0) is 19.2. The van der Waals surface area contributed by atoms with Crippen molar-refractivity contribution in [3.8, 4) is 11.1 Å². The van der Waals surface area contributed by atoms with Crippen molar-refractivity contribution in [2.45, 2.75) is 12.8 Å². The van der Waals surface area contributed by atoms with Gasteiger partial charge in [-0.05, 0) is 17.2 Å². The van der Waals surface area contributed by atoms with Gasteiger partial charge in [0.15, 0.2) is 5.96 Å². The zero-order valence-electron chi connectivity index (χ0n) is 14.9. The molecule has 0 aliphatic carbocycles. The number of aliphatic hydroxyl groups is 1. The van der Waals surface area contributed by atoms with Gasteiger partial charge in [0.1, 0.15) is 5.82 Å². The minimum absolute atomic E-state index is 0.00217. The van der Waals surface area contributed by atoms with Crippen LogP contribution in [-0.2, 0) is 0 Å². The van der Waals surface area contributed by atoms with Crippen molar-refractivity contribution in [2.24, 2.45) is 0 Å². The minimum atomic E-state index is -0.289. The standard InChI is InChI=1S/C20H21FN4O2/c1-13(18-12-19(27-25-18)24-20(22)23-9-10-26)15-7-8-16(17(21)11-15)14-5-3-2-4-6-14/h2-8,11-13,26H,9-10H2,1H3,(H3,22,23,24). The van der Waals surface area contributed by atoms with E-state index in [-0.39, 0.29) is 30.8 Å². The van der Waals surface area contributed by atoms with Crippen LogP contribution in [0, 0.1) is 11.2 Å². The van der Waals surface area contributed by atoms with Crippen molar-refractivity contribution < 1.29 is 14.0 Å². The molecule has 1 atom stereocenters. The first-order valence-corrected chi connectivity index (χ1v) is 8.60. The van der Waals surface area contributed by atoms with Gasteiger partial charge in [-0.25, -0.2) is 4.39 Å². The van der Waals surface area contributed by atoms with Crippen molar-refractivity contribution in [1.82, 2.24) is 10.5 Å². The second-order valence-corrected chi connectivity index (χ2v) is 6.09. The van der Waals surface area contributed by atoms with Crippen molar-refractivity contribution >= 4 is 11.8 Å². The van der Waals surface area contributed by atoms with Crippen LogP contribution in [0.3, 0.4) is 0 Å². The van der Waals surface area contributed by atoms with Gasteiger partial charge in [-0.1, -0.05) is 54.5 Å². The predicted molar refractivity (Wildman–Crippen MR) is 102 cm³/mol. The Hall–Kier alpha value is -3.19. The number of rotatable bonds is 6. The second kappa shape index (κ2) is 8.46. The summed E-state index contributed by atoms with van der Waals surface area (Å²) in [6.07, 6.45) is 0. The highest BCUT2D eigenvalue weighted by atomic mass is 19.1. The summed E-state index contributed by atoms with van der Waals surface area (Å²) in [6.45, 7) is 2.09. The number of guanidine groups is 1. The van der Waals surface area contributed by atoms with Gasteiger partial charge in [-0.2, -0.15) is 0 Å². The average Bonchev–Trinajstić information content (AvgIpc) is 3.14. The highest BCUT2D eigenvalue weighted by molar-refractivity contribution is 5.89. The highest BCUT2D eigenvalue weighted by Crippen LogP contribution is 2.29. The lowest BCUT2D eigenvalue weighted by Gasteiger charge is -2.11. The Bertz CT molecular complexity index is 911. The fourth-order valence-electron chi connectivity index (χ4n) is 2.72. The van der Waals surface area contributed by atoms with Crippen molar-refractivity contribution in [1.29, 1.82) is 5.41 Å². The van der Waals surface area contributed by atoms with E-state index in [1.165, 1.54) is 6.07 Å². The number of hydrogen-bond acceptors (Lipinski definition) is 4. The van der Waals surface area contributed by atoms with E-state index in [2.05, 4.69) is 15.8 Å². The molecule has 1 aromatic heterocycles. The number of hydrogen-bond donors (Lipinski definition) is 4. The van der Waals surface area contributed by atoms with Crippen LogP contribution in [-0.4, -0.2) is 29.4 Å². The fraction of sp³-hybridized carbons (Fsp3) is 0.200. The Morgan fingerprint density at radius 2 is 2.00 bits per heavy atom. The maximum Gasteiger partial charge on any atom is 0.231 e. The molecule has 1 unspecified atom stereocenters. The first-order valence-electron chi connectivity index (χ1n) is 8.60. The molecule has 0 saturated carbocycles. The molecule has 0 aliphatic rings. The summed E-state index contributed by atoms with van der Waals surface area (Å²) in [5, 5.41) is 25.8. The first kappa shape index (κ1) is 18.6. The number of nitrogens with one attached hydrogen (secondary N) is 3. The molecular weight excluding hydrogens is 347 g/mol. The van der Waals surface area contributed by atoms with Crippen molar-refractivity contribution in [3.63, 3.8) is 0 Å². The Morgan fingerprint density at radius 1 is 1.22 bits per heavy atom. The summed E-state index contributed by atoms with van der Waals surface area (Å²) in [5.41, 5.74) is 2.79. The number of aromatic nitrogens is 1. The summed E-state index contributed by atoms with van der Waals surface area (Å²) in [7, 11) is 0. The third-order valence-corrected chi connectivity index (χ3v) is 4.21. The van der Waals surface area contributed by atoms with E-state index < -0.39 is 0 Å². The van der Waals surface area contributed by atoms with Crippen LogP contribution in [0.25, 0.3) is 11.1 Å². The zero-order valence-corrected chi connectivity index (χ0v) is 14.9. The van der Waals surface area contributed by atoms with E-state index in [1.807, 2.05) is 43.3 Å². The van der Waals surface area contributed by atoms with Gasteiger partial charge in [0.05, 0.1) is 12.3 Å². The van der Waals surface area contributed by atoms with Crippen LogP contribution < -0.4 is 10.6 Å². The van der Waals surface area contributed by atoms with Gasteiger partial charge < -0.3 is 14.9 Å². The smallest absolute Gasteiger partial charge is 0.231 e. The highest BCUT2D eigenvalue weighted by Gasteiger charge is 2.16. The molecule has 4 N–H and O–H groups in total. The molecular formula is C20H21FN4O2. The number of benzene rings is 2. The third-order valence-electron chi connectivity index (χ3n) is 4.21. The Kier molecular flexibility index (Phi) is 5.83. The van der Waals surface area contributed by atoms with Gasteiger partial charge in [0, 0.05) is 24.1 Å². The van der Waals surface area contributed by atoms with Crippen LogP contribution in [0.4, 0.5) is 10.3 Å². The molecule has 3 aromatic rings.